The van der Waals surface area contributed by atoms with Crippen LogP contribution >= 0.6 is 11.6 Å². The molecule has 7 nitrogen and oxygen atoms in total. The van der Waals surface area contributed by atoms with Crippen LogP contribution in [-0.2, 0) is 13.0 Å². The number of hydrogen-bond acceptors (Lipinski definition) is 5. The van der Waals surface area contributed by atoms with Crippen molar-refractivity contribution in [2.45, 2.75) is 26.3 Å². The molecule has 0 aliphatic rings. The number of hydrogen-bond donors (Lipinski definition) is 0. The number of benzene rings is 2. The Bertz CT molecular complexity index is 1250. The van der Waals surface area contributed by atoms with Crippen molar-refractivity contribution in [1.82, 2.24) is 19.2 Å². The third kappa shape index (κ3) is 3.42. The van der Waals surface area contributed by atoms with E-state index in [0.717, 1.165) is 17.4 Å². The third-order valence-electron chi connectivity index (χ3n) is 4.82. The molecule has 8 heteroatoms. The molecule has 2 aromatic carbocycles. The van der Waals surface area contributed by atoms with Crippen molar-refractivity contribution in [3.05, 3.63) is 63.3 Å². The van der Waals surface area contributed by atoms with Crippen molar-refractivity contribution >= 4 is 28.2 Å². The summed E-state index contributed by atoms with van der Waals surface area (Å²) in [6, 6.07) is 11.1. The topological polar surface area (TPSA) is 70.7 Å². The standard InChI is InChI=1S/C21H21ClN4O3/c1-4-5-19-23-20-15-10-17(28-2)18(29-3)11-16(15)25(21(27)26(20)24-19)12-13-6-8-14(22)9-7-13/h6-11H,4-5,12H2,1-3H3. The molecule has 150 valence electrons. The van der Waals surface area contributed by atoms with E-state index in [-0.39, 0.29) is 5.69 Å². The van der Waals surface area contributed by atoms with Crippen LogP contribution in [0.15, 0.2) is 41.2 Å². The Balaban J connectivity index is 2.03. The van der Waals surface area contributed by atoms with Crippen molar-refractivity contribution < 1.29 is 9.47 Å². The van der Waals surface area contributed by atoms with Gasteiger partial charge in [0.2, 0.25) is 0 Å². The monoisotopic (exact) mass is 412 g/mol. The van der Waals surface area contributed by atoms with Gasteiger partial charge in [0.1, 0.15) is 0 Å². The second kappa shape index (κ2) is 7.75. The highest BCUT2D eigenvalue weighted by Crippen LogP contribution is 2.33. The largest absolute Gasteiger partial charge is 0.493 e. The normalized spacial score (nSPS) is 11.3. The maximum absolute atomic E-state index is 13.3. The summed E-state index contributed by atoms with van der Waals surface area (Å²) in [6.07, 6.45) is 1.60. The fourth-order valence-corrected chi connectivity index (χ4v) is 3.53. The maximum Gasteiger partial charge on any atom is 0.351 e. The first-order valence-electron chi connectivity index (χ1n) is 9.34. The van der Waals surface area contributed by atoms with Gasteiger partial charge in [0, 0.05) is 22.9 Å². The predicted octanol–water partition coefficient (Wildman–Crippen LogP) is 3.72. The third-order valence-corrected chi connectivity index (χ3v) is 5.08. The number of ether oxygens (including phenoxy) is 2. The second-order valence-electron chi connectivity index (χ2n) is 6.73. The van der Waals surface area contributed by atoms with Crippen LogP contribution in [0.2, 0.25) is 5.02 Å². The predicted molar refractivity (Wildman–Crippen MR) is 112 cm³/mol. The fraction of sp³-hybridized carbons (Fsp3) is 0.286. The van der Waals surface area contributed by atoms with Crippen LogP contribution in [0, 0.1) is 0 Å². The van der Waals surface area contributed by atoms with Gasteiger partial charge >= 0.3 is 5.69 Å². The lowest BCUT2D eigenvalue weighted by Crippen LogP contribution is -2.28. The molecular formula is C21H21ClN4O3. The molecule has 0 aliphatic heterocycles. The first-order valence-corrected chi connectivity index (χ1v) is 9.72. The van der Waals surface area contributed by atoms with E-state index in [0.29, 0.717) is 46.5 Å². The minimum absolute atomic E-state index is 0.260. The molecule has 0 atom stereocenters. The van der Waals surface area contributed by atoms with E-state index in [1.165, 1.54) is 4.52 Å². The SMILES string of the molecule is CCCc1nc2c3cc(OC)c(OC)cc3n(Cc3ccc(Cl)cc3)c(=O)n2n1. The number of methoxy groups -OCH3 is 2. The molecule has 4 rings (SSSR count). The summed E-state index contributed by atoms with van der Waals surface area (Å²) in [6.45, 7) is 2.41. The molecule has 2 aromatic heterocycles. The molecule has 0 bridgehead atoms. The van der Waals surface area contributed by atoms with Crippen LogP contribution < -0.4 is 15.2 Å². The summed E-state index contributed by atoms with van der Waals surface area (Å²) in [4.78, 5) is 17.9. The Morgan fingerprint density at radius 2 is 1.76 bits per heavy atom. The molecule has 0 fully saturated rings. The molecule has 4 aromatic rings. The number of halogens is 1. The Kier molecular flexibility index (Phi) is 5.15. The lowest BCUT2D eigenvalue weighted by molar-refractivity contribution is 0.355. The van der Waals surface area contributed by atoms with Gasteiger partial charge in [-0.15, -0.1) is 5.10 Å². The van der Waals surface area contributed by atoms with Crippen molar-refractivity contribution in [2.75, 3.05) is 14.2 Å². The Hall–Kier alpha value is -3.06. The van der Waals surface area contributed by atoms with Crippen LogP contribution in [0.1, 0.15) is 24.7 Å². The van der Waals surface area contributed by atoms with Gasteiger partial charge in [-0.25, -0.2) is 9.78 Å². The van der Waals surface area contributed by atoms with Crippen molar-refractivity contribution in [3.8, 4) is 11.5 Å². The highest BCUT2D eigenvalue weighted by Gasteiger charge is 2.18. The van der Waals surface area contributed by atoms with Gasteiger partial charge in [-0.2, -0.15) is 4.52 Å². The Labute approximate surface area is 172 Å². The first kappa shape index (κ1) is 19.3. The van der Waals surface area contributed by atoms with Crippen molar-refractivity contribution in [2.24, 2.45) is 0 Å². The van der Waals surface area contributed by atoms with E-state index < -0.39 is 0 Å². The zero-order valence-electron chi connectivity index (χ0n) is 16.5. The van der Waals surface area contributed by atoms with Gasteiger partial charge < -0.3 is 9.47 Å². The Morgan fingerprint density at radius 1 is 1.07 bits per heavy atom. The summed E-state index contributed by atoms with van der Waals surface area (Å²) >= 11 is 6.00. The minimum Gasteiger partial charge on any atom is -0.493 e. The molecule has 0 saturated carbocycles. The zero-order chi connectivity index (χ0) is 20.5. The second-order valence-corrected chi connectivity index (χ2v) is 7.17. The van der Waals surface area contributed by atoms with Gasteiger partial charge in [0.25, 0.3) is 0 Å². The van der Waals surface area contributed by atoms with E-state index in [4.69, 9.17) is 21.1 Å². The van der Waals surface area contributed by atoms with E-state index >= 15 is 0 Å². The summed E-state index contributed by atoms with van der Waals surface area (Å²) in [5.41, 5.74) is 1.90. The molecule has 0 N–H and O–H groups in total. The van der Waals surface area contributed by atoms with Crippen LogP contribution in [0.25, 0.3) is 16.6 Å². The summed E-state index contributed by atoms with van der Waals surface area (Å²) in [7, 11) is 3.15. The highest BCUT2D eigenvalue weighted by molar-refractivity contribution is 6.30. The van der Waals surface area contributed by atoms with E-state index in [9.17, 15) is 4.79 Å². The highest BCUT2D eigenvalue weighted by atomic mass is 35.5. The number of aryl methyl sites for hydroxylation is 1. The van der Waals surface area contributed by atoms with Gasteiger partial charge in [0.05, 0.1) is 26.3 Å². The van der Waals surface area contributed by atoms with E-state index in [2.05, 4.69) is 17.0 Å². The summed E-state index contributed by atoms with van der Waals surface area (Å²) in [5, 5.41) is 5.86. The smallest absolute Gasteiger partial charge is 0.351 e. The van der Waals surface area contributed by atoms with E-state index in [1.807, 2.05) is 18.2 Å². The fourth-order valence-electron chi connectivity index (χ4n) is 3.41. The van der Waals surface area contributed by atoms with Crippen LogP contribution in [0.4, 0.5) is 0 Å². The van der Waals surface area contributed by atoms with E-state index in [1.54, 1.807) is 37.0 Å². The first-order chi connectivity index (χ1) is 14.0. The molecule has 2 heterocycles. The molecule has 0 unspecified atom stereocenters. The van der Waals surface area contributed by atoms with Gasteiger partial charge in [-0.1, -0.05) is 30.7 Å². The van der Waals surface area contributed by atoms with Crippen molar-refractivity contribution in [1.29, 1.82) is 0 Å². The average Bonchev–Trinajstić information content (AvgIpc) is 3.16. The molecular weight excluding hydrogens is 392 g/mol. The molecule has 0 spiro atoms. The van der Waals surface area contributed by atoms with Crippen LogP contribution in [0.3, 0.4) is 0 Å². The zero-order valence-corrected chi connectivity index (χ0v) is 17.2. The lowest BCUT2D eigenvalue weighted by Gasteiger charge is -2.14. The number of aromatic nitrogens is 4. The summed E-state index contributed by atoms with van der Waals surface area (Å²) < 4.78 is 14.0. The van der Waals surface area contributed by atoms with Gasteiger partial charge in [-0.3, -0.25) is 4.57 Å². The average molecular weight is 413 g/mol. The van der Waals surface area contributed by atoms with Crippen molar-refractivity contribution in [3.63, 3.8) is 0 Å². The molecule has 0 aliphatic carbocycles. The van der Waals surface area contributed by atoms with Crippen LogP contribution in [0.5, 0.6) is 11.5 Å². The number of fused-ring (bicyclic) bond motifs is 3. The van der Waals surface area contributed by atoms with Gasteiger partial charge in [-0.05, 0) is 30.2 Å². The molecule has 0 saturated heterocycles. The lowest BCUT2D eigenvalue weighted by atomic mass is 10.2. The Morgan fingerprint density at radius 3 is 2.41 bits per heavy atom. The molecule has 29 heavy (non-hydrogen) atoms. The number of nitrogens with zero attached hydrogens (tertiary/aromatic N) is 4. The molecule has 0 radical (unpaired) electrons. The molecule has 0 amide bonds. The van der Waals surface area contributed by atoms with Gasteiger partial charge in [0.15, 0.2) is 23.0 Å². The maximum atomic E-state index is 13.3. The number of rotatable bonds is 6. The quantitative estimate of drug-likeness (QED) is 0.482. The summed E-state index contributed by atoms with van der Waals surface area (Å²) in [5.74, 6) is 1.76. The van der Waals surface area contributed by atoms with Crippen LogP contribution in [-0.4, -0.2) is 33.4 Å². The minimum atomic E-state index is -0.260.